The zero-order chi connectivity index (χ0) is 19.6. The molecule has 8 nitrogen and oxygen atoms in total. The van der Waals surface area contributed by atoms with E-state index >= 15 is 0 Å². The number of H-pyrrole nitrogens is 1. The number of hydrogen-bond acceptors (Lipinski definition) is 4. The number of ether oxygens (including phenoxy) is 1. The lowest BCUT2D eigenvalue weighted by Crippen LogP contribution is -2.40. The summed E-state index contributed by atoms with van der Waals surface area (Å²) in [7, 11) is 0. The maximum absolute atomic E-state index is 12.2. The number of hydrogen-bond donors (Lipinski definition) is 3. The topological polar surface area (TPSA) is 99.3 Å². The number of halogens is 1. The maximum atomic E-state index is 12.2. The van der Waals surface area contributed by atoms with Gasteiger partial charge in [0.25, 0.3) is 0 Å². The Bertz CT molecular complexity index is 859. The smallest absolute Gasteiger partial charge is 0.410 e. The molecule has 0 bridgehead atoms. The summed E-state index contributed by atoms with van der Waals surface area (Å²) in [5.41, 5.74) is 1.71. The number of carbonyl (C=O) groups excluding carboxylic acids is 2. The zero-order valence-corrected chi connectivity index (χ0v) is 16.2. The quantitative estimate of drug-likeness (QED) is 0.720. The van der Waals surface area contributed by atoms with Crippen molar-refractivity contribution in [2.24, 2.45) is 0 Å². The van der Waals surface area contributed by atoms with Crippen LogP contribution in [0.2, 0.25) is 5.02 Å². The van der Waals surface area contributed by atoms with E-state index in [4.69, 9.17) is 16.3 Å². The SMILES string of the molecule is CC(C)(C)OC(=O)N1CCc2c(NC(=O)Nc3cccc(Cl)c3)n[nH]c2C1. The highest BCUT2D eigenvalue weighted by Crippen LogP contribution is 2.25. The van der Waals surface area contributed by atoms with Crippen molar-refractivity contribution < 1.29 is 14.3 Å². The van der Waals surface area contributed by atoms with Gasteiger partial charge in [-0.15, -0.1) is 0 Å². The number of fused-ring (bicyclic) bond motifs is 1. The van der Waals surface area contributed by atoms with Crippen LogP contribution in [0.15, 0.2) is 24.3 Å². The van der Waals surface area contributed by atoms with Gasteiger partial charge >= 0.3 is 12.1 Å². The van der Waals surface area contributed by atoms with Crippen LogP contribution in [-0.4, -0.2) is 39.4 Å². The average Bonchev–Trinajstić information content (AvgIpc) is 2.95. The number of anilines is 2. The Morgan fingerprint density at radius 1 is 1.30 bits per heavy atom. The molecule has 2 heterocycles. The number of aromatic amines is 1. The molecule has 144 valence electrons. The summed E-state index contributed by atoms with van der Waals surface area (Å²) in [6, 6.07) is 6.45. The lowest BCUT2D eigenvalue weighted by atomic mass is 10.1. The minimum atomic E-state index is -0.545. The molecule has 9 heteroatoms. The Balaban J connectivity index is 1.63. The van der Waals surface area contributed by atoms with E-state index in [9.17, 15) is 9.59 Å². The highest BCUT2D eigenvalue weighted by molar-refractivity contribution is 6.30. The predicted octanol–water partition coefficient (Wildman–Crippen LogP) is 4.00. The van der Waals surface area contributed by atoms with Crippen LogP contribution in [0.5, 0.6) is 0 Å². The van der Waals surface area contributed by atoms with Crippen molar-refractivity contribution in [2.45, 2.75) is 39.3 Å². The van der Waals surface area contributed by atoms with Gasteiger partial charge in [0.2, 0.25) is 0 Å². The normalized spacial score (nSPS) is 13.7. The fraction of sp³-hybridized carbons (Fsp3) is 0.389. The van der Waals surface area contributed by atoms with Gasteiger partial charge in [-0.2, -0.15) is 5.10 Å². The standard InChI is InChI=1S/C18H22ClN5O3/c1-18(2,3)27-17(26)24-8-7-13-14(10-24)22-23-15(13)21-16(25)20-12-6-4-5-11(19)9-12/h4-6,9H,7-8,10H2,1-3H3,(H3,20,21,22,23,25). The second-order valence-electron chi connectivity index (χ2n) is 7.27. The maximum Gasteiger partial charge on any atom is 0.410 e. The minimum Gasteiger partial charge on any atom is -0.444 e. The molecule has 0 fully saturated rings. The summed E-state index contributed by atoms with van der Waals surface area (Å²) >= 11 is 5.91. The van der Waals surface area contributed by atoms with E-state index < -0.39 is 11.6 Å². The molecule has 1 aliphatic rings. The Labute approximate surface area is 162 Å². The number of aromatic nitrogens is 2. The van der Waals surface area contributed by atoms with Gasteiger partial charge in [-0.25, -0.2) is 9.59 Å². The van der Waals surface area contributed by atoms with E-state index in [1.165, 1.54) is 0 Å². The summed E-state index contributed by atoms with van der Waals surface area (Å²) in [5.74, 6) is 0.452. The molecule has 0 saturated carbocycles. The molecule has 0 atom stereocenters. The summed E-state index contributed by atoms with van der Waals surface area (Å²) in [6.45, 7) is 6.34. The van der Waals surface area contributed by atoms with Gasteiger partial charge in [-0.3, -0.25) is 10.4 Å². The van der Waals surface area contributed by atoms with Gasteiger partial charge in [0, 0.05) is 22.8 Å². The van der Waals surface area contributed by atoms with Crippen LogP contribution in [0.1, 0.15) is 32.0 Å². The molecular formula is C18H22ClN5O3. The molecule has 1 aromatic heterocycles. The van der Waals surface area contributed by atoms with E-state index in [1.54, 1.807) is 29.2 Å². The lowest BCUT2D eigenvalue weighted by Gasteiger charge is -2.29. The number of amides is 3. The molecule has 2 aromatic rings. The monoisotopic (exact) mass is 391 g/mol. The number of urea groups is 1. The van der Waals surface area contributed by atoms with Crippen molar-refractivity contribution in [3.8, 4) is 0 Å². The molecule has 0 saturated heterocycles. The molecule has 3 amide bonds. The zero-order valence-electron chi connectivity index (χ0n) is 15.4. The van der Waals surface area contributed by atoms with Crippen molar-refractivity contribution in [3.63, 3.8) is 0 Å². The Kier molecular flexibility index (Phi) is 5.27. The minimum absolute atomic E-state index is 0.356. The third-order valence-corrected chi connectivity index (χ3v) is 4.13. The first-order chi connectivity index (χ1) is 12.7. The molecule has 0 unspecified atom stereocenters. The van der Waals surface area contributed by atoms with E-state index in [2.05, 4.69) is 20.8 Å². The molecule has 0 spiro atoms. The summed E-state index contributed by atoms with van der Waals surface area (Å²) < 4.78 is 5.40. The highest BCUT2D eigenvalue weighted by Gasteiger charge is 2.28. The van der Waals surface area contributed by atoms with Crippen LogP contribution in [0.4, 0.5) is 21.1 Å². The summed E-state index contributed by atoms with van der Waals surface area (Å²) in [6.07, 6.45) is 0.202. The molecule has 27 heavy (non-hydrogen) atoms. The Morgan fingerprint density at radius 3 is 2.78 bits per heavy atom. The highest BCUT2D eigenvalue weighted by atomic mass is 35.5. The van der Waals surface area contributed by atoms with Gasteiger partial charge in [-0.1, -0.05) is 17.7 Å². The predicted molar refractivity (Wildman–Crippen MR) is 103 cm³/mol. The number of benzene rings is 1. The third-order valence-electron chi connectivity index (χ3n) is 3.90. The van der Waals surface area contributed by atoms with Crippen molar-refractivity contribution in [3.05, 3.63) is 40.5 Å². The van der Waals surface area contributed by atoms with E-state index in [0.29, 0.717) is 36.0 Å². The molecule has 3 N–H and O–H groups in total. The van der Waals surface area contributed by atoms with Crippen LogP contribution in [0.25, 0.3) is 0 Å². The molecule has 3 rings (SSSR count). The fourth-order valence-corrected chi connectivity index (χ4v) is 2.93. The van der Waals surface area contributed by atoms with Crippen molar-refractivity contribution >= 4 is 35.2 Å². The Morgan fingerprint density at radius 2 is 2.07 bits per heavy atom. The van der Waals surface area contributed by atoms with Crippen LogP contribution >= 0.6 is 11.6 Å². The first-order valence-electron chi connectivity index (χ1n) is 8.59. The van der Waals surface area contributed by atoms with Crippen molar-refractivity contribution in [1.29, 1.82) is 0 Å². The molecule has 0 aliphatic carbocycles. The number of carbonyl (C=O) groups is 2. The van der Waals surface area contributed by atoms with Crippen molar-refractivity contribution in [2.75, 3.05) is 17.2 Å². The first kappa shape index (κ1) is 19.0. The van der Waals surface area contributed by atoms with E-state index in [-0.39, 0.29) is 6.09 Å². The summed E-state index contributed by atoms with van der Waals surface area (Å²) in [4.78, 5) is 26.0. The second-order valence-corrected chi connectivity index (χ2v) is 7.71. The van der Waals surface area contributed by atoms with Crippen LogP contribution in [-0.2, 0) is 17.7 Å². The van der Waals surface area contributed by atoms with Crippen LogP contribution < -0.4 is 10.6 Å². The molecule has 1 aromatic carbocycles. The number of rotatable bonds is 2. The Hall–Kier alpha value is -2.74. The van der Waals surface area contributed by atoms with E-state index in [0.717, 1.165) is 11.3 Å². The van der Waals surface area contributed by atoms with Crippen LogP contribution in [0, 0.1) is 0 Å². The fourth-order valence-electron chi connectivity index (χ4n) is 2.74. The summed E-state index contributed by atoms with van der Waals surface area (Å²) in [5, 5.41) is 13.0. The van der Waals surface area contributed by atoms with Gasteiger partial charge in [0.1, 0.15) is 5.60 Å². The first-order valence-corrected chi connectivity index (χ1v) is 8.97. The molecular weight excluding hydrogens is 370 g/mol. The molecule has 1 aliphatic heterocycles. The van der Waals surface area contributed by atoms with E-state index in [1.807, 2.05) is 20.8 Å². The lowest BCUT2D eigenvalue weighted by molar-refractivity contribution is 0.0221. The van der Waals surface area contributed by atoms with Crippen molar-refractivity contribution in [1.82, 2.24) is 15.1 Å². The molecule has 0 radical (unpaired) electrons. The van der Waals surface area contributed by atoms with Gasteiger partial charge in [-0.05, 0) is 45.4 Å². The van der Waals surface area contributed by atoms with Gasteiger partial charge in [0.05, 0.1) is 12.2 Å². The largest absolute Gasteiger partial charge is 0.444 e. The second kappa shape index (κ2) is 7.48. The van der Waals surface area contributed by atoms with Gasteiger partial charge in [0.15, 0.2) is 5.82 Å². The van der Waals surface area contributed by atoms with Gasteiger partial charge < -0.3 is 15.0 Å². The number of nitrogens with one attached hydrogen (secondary N) is 3. The number of nitrogens with zero attached hydrogens (tertiary/aromatic N) is 2. The van der Waals surface area contributed by atoms with Crippen LogP contribution in [0.3, 0.4) is 0 Å². The average molecular weight is 392 g/mol. The third kappa shape index (κ3) is 4.91.